The summed E-state index contributed by atoms with van der Waals surface area (Å²) in [6.07, 6.45) is 0.743. The zero-order chi connectivity index (χ0) is 13.3. The first-order valence-corrected chi connectivity index (χ1v) is 8.80. The van der Waals surface area contributed by atoms with Crippen LogP contribution < -0.4 is 0 Å². The average Bonchev–Trinajstić information content (AvgIpc) is 3.01. The van der Waals surface area contributed by atoms with Crippen LogP contribution in [0.2, 0.25) is 0 Å². The Bertz CT molecular complexity index is 663. The molecule has 2 aromatic rings. The summed E-state index contributed by atoms with van der Waals surface area (Å²) in [5.74, 6) is 0.289. The van der Waals surface area contributed by atoms with Gasteiger partial charge in [-0.25, -0.2) is 8.42 Å². The molecule has 0 radical (unpaired) electrons. The van der Waals surface area contributed by atoms with Crippen molar-refractivity contribution in [1.29, 1.82) is 0 Å². The lowest BCUT2D eigenvalue weighted by Crippen LogP contribution is -2.25. The van der Waals surface area contributed by atoms with E-state index in [4.69, 9.17) is 0 Å². The quantitative estimate of drug-likeness (QED) is 0.872. The Labute approximate surface area is 117 Å². The highest BCUT2D eigenvalue weighted by molar-refractivity contribution is 7.89. The summed E-state index contributed by atoms with van der Waals surface area (Å²) in [5.41, 5.74) is 3.39. The lowest BCUT2D eigenvalue weighted by molar-refractivity contribution is 0.440. The van der Waals surface area contributed by atoms with Crippen molar-refractivity contribution in [3.05, 3.63) is 46.7 Å². The van der Waals surface area contributed by atoms with Gasteiger partial charge in [0.2, 0.25) is 10.0 Å². The van der Waals surface area contributed by atoms with Crippen LogP contribution in [0.25, 0.3) is 11.1 Å². The first-order valence-electron chi connectivity index (χ1n) is 6.24. The zero-order valence-electron chi connectivity index (χ0n) is 10.5. The van der Waals surface area contributed by atoms with Gasteiger partial charge >= 0.3 is 0 Å². The van der Waals surface area contributed by atoms with Gasteiger partial charge in [-0.3, -0.25) is 0 Å². The zero-order valence-corrected chi connectivity index (χ0v) is 12.1. The lowest BCUT2D eigenvalue weighted by atomic mass is 10.1. The first kappa shape index (κ1) is 12.8. The predicted molar refractivity (Wildman–Crippen MR) is 78.6 cm³/mol. The number of hydrogen-bond donors (Lipinski definition) is 0. The molecular formula is C14H15NO2S2. The maximum absolute atomic E-state index is 11.8. The van der Waals surface area contributed by atoms with Crippen molar-refractivity contribution in [3.63, 3.8) is 0 Å². The Morgan fingerprint density at radius 3 is 2.79 bits per heavy atom. The maximum atomic E-state index is 11.8. The topological polar surface area (TPSA) is 37.4 Å². The minimum Gasteiger partial charge on any atom is -0.212 e. The fourth-order valence-corrected chi connectivity index (χ4v) is 4.52. The molecule has 5 heteroatoms. The molecule has 2 heterocycles. The van der Waals surface area contributed by atoms with E-state index in [0.717, 1.165) is 17.5 Å². The van der Waals surface area contributed by atoms with E-state index in [1.165, 1.54) is 5.56 Å². The molecular weight excluding hydrogens is 278 g/mol. The molecule has 19 heavy (non-hydrogen) atoms. The van der Waals surface area contributed by atoms with Gasteiger partial charge in [0.1, 0.15) is 0 Å². The smallest absolute Gasteiger partial charge is 0.212 e. The van der Waals surface area contributed by atoms with Crippen LogP contribution in [0, 0.1) is 0 Å². The van der Waals surface area contributed by atoms with Gasteiger partial charge in [-0.15, -0.1) is 0 Å². The van der Waals surface area contributed by atoms with Gasteiger partial charge in [-0.1, -0.05) is 18.2 Å². The van der Waals surface area contributed by atoms with E-state index < -0.39 is 10.0 Å². The summed E-state index contributed by atoms with van der Waals surface area (Å²) < 4.78 is 25.2. The fraction of sp³-hybridized carbons (Fsp3) is 0.286. The van der Waals surface area contributed by atoms with Crippen LogP contribution in [0.4, 0.5) is 0 Å². The summed E-state index contributed by atoms with van der Waals surface area (Å²) in [6, 6.07) is 10.2. The largest absolute Gasteiger partial charge is 0.214 e. The molecule has 1 fully saturated rings. The third-order valence-electron chi connectivity index (χ3n) is 3.34. The highest BCUT2D eigenvalue weighted by Gasteiger charge is 2.27. The molecule has 1 aromatic heterocycles. The van der Waals surface area contributed by atoms with Crippen molar-refractivity contribution in [2.75, 3.05) is 12.3 Å². The molecule has 0 bridgehead atoms. The monoisotopic (exact) mass is 293 g/mol. The number of nitrogens with zero attached hydrogens (tertiary/aromatic N) is 1. The predicted octanol–water partition coefficient (Wildman–Crippen LogP) is 2.95. The average molecular weight is 293 g/mol. The van der Waals surface area contributed by atoms with Gasteiger partial charge in [0.25, 0.3) is 0 Å². The summed E-state index contributed by atoms with van der Waals surface area (Å²) >= 11 is 1.67. The lowest BCUT2D eigenvalue weighted by Gasteiger charge is -2.14. The molecule has 0 unspecified atom stereocenters. The number of sulfonamides is 1. The van der Waals surface area contributed by atoms with E-state index in [0.29, 0.717) is 13.1 Å². The highest BCUT2D eigenvalue weighted by atomic mass is 32.2. The van der Waals surface area contributed by atoms with Crippen LogP contribution in [0.3, 0.4) is 0 Å². The van der Waals surface area contributed by atoms with Crippen LogP contribution in [0.5, 0.6) is 0 Å². The molecule has 1 saturated heterocycles. The number of hydrogen-bond acceptors (Lipinski definition) is 3. The van der Waals surface area contributed by atoms with E-state index in [-0.39, 0.29) is 5.75 Å². The van der Waals surface area contributed by atoms with E-state index in [9.17, 15) is 8.42 Å². The summed E-state index contributed by atoms with van der Waals surface area (Å²) in [6.45, 7) is 1.13. The summed E-state index contributed by atoms with van der Waals surface area (Å²) in [4.78, 5) is 0. The normalized spacial score (nSPS) is 18.7. The van der Waals surface area contributed by atoms with Crippen molar-refractivity contribution < 1.29 is 8.42 Å². The molecule has 3 nitrogen and oxygen atoms in total. The molecule has 0 amide bonds. The Hall–Kier alpha value is -1.17. The maximum Gasteiger partial charge on any atom is 0.214 e. The van der Waals surface area contributed by atoms with E-state index in [1.54, 1.807) is 15.6 Å². The van der Waals surface area contributed by atoms with Gasteiger partial charge in [-0.2, -0.15) is 15.6 Å². The molecule has 0 saturated carbocycles. The van der Waals surface area contributed by atoms with E-state index in [2.05, 4.69) is 23.6 Å². The van der Waals surface area contributed by atoms with Gasteiger partial charge in [0.15, 0.2) is 0 Å². The van der Waals surface area contributed by atoms with Gasteiger partial charge in [0.05, 0.1) is 5.75 Å². The first-order chi connectivity index (χ1) is 9.15. The SMILES string of the molecule is O=S1(=O)CCCN1Cc1cccc(-c2ccsc2)c1. The molecule has 1 aliphatic heterocycles. The molecule has 0 spiro atoms. The van der Waals surface area contributed by atoms with Crippen molar-refractivity contribution >= 4 is 21.4 Å². The number of thiophene rings is 1. The Balaban J connectivity index is 1.84. The molecule has 100 valence electrons. The second kappa shape index (κ2) is 5.07. The third-order valence-corrected chi connectivity index (χ3v) is 5.93. The van der Waals surface area contributed by atoms with Crippen LogP contribution in [0.1, 0.15) is 12.0 Å². The Morgan fingerprint density at radius 1 is 1.21 bits per heavy atom. The number of rotatable bonds is 3. The molecule has 0 aliphatic carbocycles. The minimum absolute atomic E-state index is 0.289. The van der Waals surface area contributed by atoms with Gasteiger partial charge in [-0.05, 0) is 46.0 Å². The summed E-state index contributed by atoms with van der Waals surface area (Å²) in [5, 5.41) is 4.15. The van der Waals surface area contributed by atoms with Crippen molar-refractivity contribution in [2.24, 2.45) is 0 Å². The molecule has 0 N–H and O–H groups in total. The third kappa shape index (κ3) is 2.73. The summed E-state index contributed by atoms with van der Waals surface area (Å²) in [7, 11) is -3.02. The molecule has 0 atom stereocenters. The highest BCUT2D eigenvalue weighted by Crippen LogP contribution is 2.24. The Kier molecular flexibility index (Phi) is 3.43. The molecule has 3 rings (SSSR count). The second-order valence-electron chi connectivity index (χ2n) is 4.72. The van der Waals surface area contributed by atoms with Crippen LogP contribution in [-0.4, -0.2) is 25.0 Å². The fourth-order valence-electron chi connectivity index (χ4n) is 2.35. The Morgan fingerprint density at radius 2 is 2.11 bits per heavy atom. The second-order valence-corrected chi connectivity index (χ2v) is 7.58. The van der Waals surface area contributed by atoms with Crippen molar-refractivity contribution in [2.45, 2.75) is 13.0 Å². The van der Waals surface area contributed by atoms with Crippen molar-refractivity contribution in [3.8, 4) is 11.1 Å². The molecule has 1 aliphatic rings. The van der Waals surface area contributed by atoms with Crippen LogP contribution in [0.15, 0.2) is 41.1 Å². The van der Waals surface area contributed by atoms with Crippen molar-refractivity contribution in [1.82, 2.24) is 4.31 Å². The van der Waals surface area contributed by atoms with Gasteiger partial charge < -0.3 is 0 Å². The van der Waals surface area contributed by atoms with Crippen LogP contribution in [-0.2, 0) is 16.6 Å². The van der Waals surface area contributed by atoms with E-state index in [1.807, 2.05) is 17.5 Å². The van der Waals surface area contributed by atoms with E-state index >= 15 is 0 Å². The van der Waals surface area contributed by atoms with Crippen LogP contribution >= 0.6 is 11.3 Å². The minimum atomic E-state index is -3.02. The molecule has 1 aromatic carbocycles. The van der Waals surface area contributed by atoms with Gasteiger partial charge in [0, 0.05) is 13.1 Å². The number of benzene rings is 1. The standard InChI is InChI=1S/C14H15NO2S2/c16-19(17)8-2-6-15(19)10-12-3-1-4-13(9-12)14-5-7-18-11-14/h1,3-5,7,9,11H,2,6,8,10H2.